The Morgan fingerprint density at radius 1 is 1.35 bits per heavy atom. The minimum Gasteiger partial charge on any atom is -0.374 e. The van der Waals surface area contributed by atoms with Gasteiger partial charge in [-0.25, -0.2) is 4.98 Å². The van der Waals surface area contributed by atoms with Gasteiger partial charge in [-0.2, -0.15) is 0 Å². The molecule has 0 aliphatic heterocycles. The number of nitrogens with zero attached hydrogens (tertiary/aromatic N) is 2. The highest BCUT2D eigenvalue weighted by atomic mass is 16.2. The number of pyridine rings is 1. The number of carbonyl (C=O) groups is 1. The van der Waals surface area contributed by atoms with Crippen LogP contribution in [0.2, 0.25) is 0 Å². The molecule has 1 amide bonds. The van der Waals surface area contributed by atoms with Gasteiger partial charge >= 0.3 is 0 Å². The molecule has 0 fully saturated rings. The van der Waals surface area contributed by atoms with Gasteiger partial charge in [0.15, 0.2) is 5.82 Å². The average Bonchev–Trinajstić information content (AvgIpc) is 2.15. The zero-order valence-electron chi connectivity index (χ0n) is 11.5. The Hall–Kier alpha value is -1.58. The highest BCUT2D eigenvalue weighted by molar-refractivity contribution is 5.96. The van der Waals surface area contributed by atoms with Crippen molar-refractivity contribution in [3.8, 4) is 0 Å². The molecule has 1 aromatic heterocycles. The molecule has 0 saturated heterocycles. The number of amides is 1. The molecule has 4 nitrogen and oxygen atoms in total. The topological polar surface area (TPSA) is 45.2 Å². The first-order valence-electron chi connectivity index (χ1n) is 5.68. The summed E-state index contributed by atoms with van der Waals surface area (Å²) in [6.07, 6.45) is 1.71. The number of anilines is 2. The van der Waals surface area contributed by atoms with E-state index >= 15 is 0 Å². The van der Waals surface area contributed by atoms with Crippen molar-refractivity contribution in [3.63, 3.8) is 0 Å². The molecule has 0 atom stereocenters. The first-order chi connectivity index (χ1) is 7.73. The molecular weight excluding hydrogens is 214 g/mol. The van der Waals surface area contributed by atoms with Crippen LogP contribution in [0.4, 0.5) is 11.5 Å². The van der Waals surface area contributed by atoms with E-state index in [2.05, 4.69) is 10.3 Å². The van der Waals surface area contributed by atoms with Crippen LogP contribution in [-0.4, -0.2) is 25.0 Å². The molecule has 0 bridgehead atoms. The summed E-state index contributed by atoms with van der Waals surface area (Å²) in [5.74, 6) is 0.591. The van der Waals surface area contributed by atoms with Crippen LogP contribution in [-0.2, 0) is 4.79 Å². The number of hydrogen-bond acceptors (Lipinski definition) is 3. The monoisotopic (exact) mass is 235 g/mol. The van der Waals surface area contributed by atoms with Gasteiger partial charge in [0, 0.05) is 25.7 Å². The van der Waals surface area contributed by atoms with E-state index in [1.807, 2.05) is 52.8 Å². The molecule has 1 aromatic rings. The van der Waals surface area contributed by atoms with Crippen LogP contribution in [0, 0.1) is 12.3 Å². The maximum atomic E-state index is 12.0. The summed E-state index contributed by atoms with van der Waals surface area (Å²) < 4.78 is 0. The minimum atomic E-state index is -0.422. The van der Waals surface area contributed by atoms with Crippen LogP contribution in [0.25, 0.3) is 0 Å². The third-order valence-corrected chi connectivity index (χ3v) is 2.49. The van der Waals surface area contributed by atoms with E-state index in [-0.39, 0.29) is 5.91 Å². The van der Waals surface area contributed by atoms with Gasteiger partial charge in [-0.3, -0.25) is 4.79 Å². The lowest BCUT2D eigenvalue weighted by molar-refractivity contribution is -0.123. The second kappa shape index (κ2) is 4.73. The first kappa shape index (κ1) is 13.5. The maximum absolute atomic E-state index is 12.0. The Kier molecular flexibility index (Phi) is 3.76. The number of aromatic nitrogens is 1. The van der Waals surface area contributed by atoms with E-state index in [9.17, 15) is 4.79 Å². The first-order valence-corrected chi connectivity index (χ1v) is 5.68. The normalized spacial score (nSPS) is 11.2. The molecule has 0 aliphatic carbocycles. The number of nitrogens with one attached hydrogen (secondary N) is 1. The lowest BCUT2D eigenvalue weighted by atomic mass is 9.96. The summed E-state index contributed by atoms with van der Waals surface area (Å²) >= 11 is 0. The Bertz CT molecular complexity index is 419. The lowest BCUT2D eigenvalue weighted by Crippen LogP contribution is -2.29. The van der Waals surface area contributed by atoms with Crippen LogP contribution in [0.5, 0.6) is 0 Å². The van der Waals surface area contributed by atoms with Gasteiger partial charge < -0.3 is 10.2 Å². The number of rotatable bonds is 2. The third-order valence-electron chi connectivity index (χ3n) is 2.49. The fourth-order valence-electron chi connectivity index (χ4n) is 1.50. The highest BCUT2D eigenvalue weighted by Crippen LogP contribution is 2.27. The zero-order valence-corrected chi connectivity index (χ0v) is 11.5. The molecule has 1 rings (SSSR count). The van der Waals surface area contributed by atoms with Crippen molar-refractivity contribution < 1.29 is 4.79 Å². The van der Waals surface area contributed by atoms with Crippen LogP contribution >= 0.6 is 0 Å². The molecule has 0 saturated carbocycles. The van der Waals surface area contributed by atoms with Crippen molar-refractivity contribution in [2.45, 2.75) is 27.7 Å². The van der Waals surface area contributed by atoms with Crippen LogP contribution < -0.4 is 10.2 Å². The summed E-state index contributed by atoms with van der Waals surface area (Å²) in [6, 6.07) is 1.93. The molecule has 1 heterocycles. The largest absolute Gasteiger partial charge is 0.374 e. The van der Waals surface area contributed by atoms with E-state index < -0.39 is 5.41 Å². The quantitative estimate of drug-likeness (QED) is 0.856. The smallest absolute Gasteiger partial charge is 0.230 e. The molecule has 4 heteroatoms. The van der Waals surface area contributed by atoms with Gasteiger partial charge in [0.1, 0.15) is 0 Å². The zero-order chi connectivity index (χ0) is 13.2. The molecule has 0 radical (unpaired) electrons. The van der Waals surface area contributed by atoms with E-state index in [4.69, 9.17) is 0 Å². The Morgan fingerprint density at radius 2 is 1.94 bits per heavy atom. The van der Waals surface area contributed by atoms with Crippen LogP contribution in [0.1, 0.15) is 26.3 Å². The van der Waals surface area contributed by atoms with Crippen molar-refractivity contribution in [1.29, 1.82) is 0 Å². The van der Waals surface area contributed by atoms with E-state index in [0.717, 1.165) is 11.3 Å². The number of carbonyl (C=O) groups excluding carboxylic acids is 1. The van der Waals surface area contributed by atoms with Crippen molar-refractivity contribution in [3.05, 3.63) is 17.8 Å². The van der Waals surface area contributed by atoms with Gasteiger partial charge in [0.25, 0.3) is 0 Å². The van der Waals surface area contributed by atoms with E-state index in [1.54, 1.807) is 6.20 Å². The lowest BCUT2D eigenvalue weighted by Gasteiger charge is -2.22. The molecule has 17 heavy (non-hydrogen) atoms. The standard InChI is InChI=1S/C13H21N3O/c1-9-7-8-14-11(10(9)16(5)6)15-12(17)13(2,3)4/h7-8H,1-6H3,(H,14,15,17). The molecule has 0 aromatic carbocycles. The number of aryl methyl sites for hydroxylation is 1. The summed E-state index contributed by atoms with van der Waals surface area (Å²) in [7, 11) is 3.88. The summed E-state index contributed by atoms with van der Waals surface area (Å²) in [5.41, 5.74) is 1.62. The van der Waals surface area contributed by atoms with E-state index in [0.29, 0.717) is 5.82 Å². The van der Waals surface area contributed by atoms with Gasteiger partial charge in [-0.05, 0) is 18.6 Å². The van der Waals surface area contributed by atoms with Crippen molar-refractivity contribution in [2.24, 2.45) is 5.41 Å². The molecule has 0 aliphatic rings. The van der Waals surface area contributed by atoms with E-state index in [1.165, 1.54) is 0 Å². The Balaban J connectivity index is 3.07. The van der Waals surface area contributed by atoms with Gasteiger partial charge in [-0.1, -0.05) is 20.8 Å². The average molecular weight is 235 g/mol. The van der Waals surface area contributed by atoms with Gasteiger partial charge in [0.05, 0.1) is 5.69 Å². The Morgan fingerprint density at radius 3 is 2.41 bits per heavy atom. The summed E-state index contributed by atoms with van der Waals surface area (Å²) in [5, 5.41) is 2.88. The second-order valence-electron chi connectivity index (χ2n) is 5.42. The molecule has 1 N–H and O–H groups in total. The Labute approximate surface area is 103 Å². The van der Waals surface area contributed by atoms with Crippen molar-refractivity contribution in [2.75, 3.05) is 24.3 Å². The SMILES string of the molecule is Cc1ccnc(NC(=O)C(C)(C)C)c1N(C)C. The molecule has 0 spiro atoms. The van der Waals surface area contributed by atoms with Crippen LogP contribution in [0.15, 0.2) is 12.3 Å². The van der Waals surface area contributed by atoms with Gasteiger partial charge in [0.2, 0.25) is 5.91 Å². The summed E-state index contributed by atoms with van der Waals surface area (Å²) in [4.78, 5) is 18.2. The van der Waals surface area contributed by atoms with Gasteiger partial charge in [-0.15, -0.1) is 0 Å². The highest BCUT2D eigenvalue weighted by Gasteiger charge is 2.23. The molecule has 94 valence electrons. The fourth-order valence-corrected chi connectivity index (χ4v) is 1.50. The van der Waals surface area contributed by atoms with Crippen molar-refractivity contribution >= 4 is 17.4 Å². The summed E-state index contributed by atoms with van der Waals surface area (Å²) in [6.45, 7) is 7.65. The molecule has 0 unspecified atom stereocenters. The fraction of sp³-hybridized carbons (Fsp3) is 0.538. The second-order valence-corrected chi connectivity index (χ2v) is 5.42. The maximum Gasteiger partial charge on any atom is 0.230 e. The number of hydrogen-bond donors (Lipinski definition) is 1. The van der Waals surface area contributed by atoms with Crippen molar-refractivity contribution in [1.82, 2.24) is 4.98 Å². The molecular formula is C13H21N3O. The predicted molar refractivity (Wildman–Crippen MR) is 71.4 cm³/mol. The minimum absolute atomic E-state index is 0.0290. The van der Waals surface area contributed by atoms with Crippen LogP contribution in [0.3, 0.4) is 0 Å². The predicted octanol–water partition coefficient (Wildman–Crippen LogP) is 2.44. The third kappa shape index (κ3) is 3.19.